The third kappa shape index (κ3) is 6.77. The lowest BCUT2D eigenvalue weighted by atomic mass is 10.1. The van der Waals surface area contributed by atoms with Crippen LogP contribution in [-0.2, 0) is 40.5 Å². The fourth-order valence-electron chi connectivity index (χ4n) is 3.58. The second-order valence-corrected chi connectivity index (χ2v) is 8.16. The fraction of sp³-hybridized carbons (Fsp3) is 0.179. The third-order valence-electron chi connectivity index (χ3n) is 5.53. The lowest BCUT2D eigenvalue weighted by molar-refractivity contribution is -0.386. The maximum absolute atomic E-state index is 12.5. The van der Waals surface area contributed by atoms with Crippen LogP contribution in [0.1, 0.15) is 61.0 Å². The van der Waals surface area contributed by atoms with Crippen molar-refractivity contribution in [3.8, 4) is 0 Å². The van der Waals surface area contributed by atoms with Gasteiger partial charge < -0.3 is 23.0 Å². The summed E-state index contributed by atoms with van der Waals surface area (Å²) < 4.78 is 26.3. The van der Waals surface area contributed by atoms with E-state index in [1.165, 1.54) is 36.4 Å². The van der Waals surface area contributed by atoms with Crippen LogP contribution in [0.2, 0.25) is 0 Å². The largest absolute Gasteiger partial charge is 0.455 e. The van der Waals surface area contributed by atoms with Crippen molar-refractivity contribution in [1.82, 2.24) is 0 Å². The number of furan rings is 2. The number of ether oxygens (including phenoxy) is 3. The first-order valence-electron chi connectivity index (χ1n) is 11.8. The zero-order chi connectivity index (χ0) is 27.8. The number of aryl methyl sites for hydroxylation is 1. The average molecular weight is 533 g/mol. The van der Waals surface area contributed by atoms with Crippen LogP contribution in [0.5, 0.6) is 0 Å². The van der Waals surface area contributed by atoms with E-state index in [0.29, 0.717) is 17.7 Å². The molecule has 11 heteroatoms. The van der Waals surface area contributed by atoms with Gasteiger partial charge in [0.1, 0.15) is 31.3 Å². The van der Waals surface area contributed by atoms with Crippen LogP contribution in [-0.4, -0.2) is 22.8 Å². The van der Waals surface area contributed by atoms with Crippen molar-refractivity contribution in [2.45, 2.75) is 33.2 Å². The van der Waals surface area contributed by atoms with E-state index in [1.54, 1.807) is 36.4 Å². The fourth-order valence-corrected chi connectivity index (χ4v) is 3.58. The lowest BCUT2D eigenvalue weighted by Gasteiger charge is -2.09. The minimum atomic E-state index is -0.869. The zero-order valence-corrected chi connectivity index (χ0v) is 20.8. The normalized spacial score (nSPS) is 10.6. The molecule has 0 bridgehead atoms. The van der Waals surface area contributed by atoms with Gasteiger partial charge >= 0.3 is 17.9 Å². The first-order valence-corrected chi connectivity index (χ1v) is 11.8. The number of nitro groups is 1. The first kappa shape index (κ1) is 26.9. The number of nitrogens with zero attached hydrogens (tertiary/aromatic N) is 1. The predicted molar refractivity (Wildman–Crippen MR) is 134 cm³/mol. The summed E-state index contributed by atoms with van der Waals surface area (Å²) >= 11 is 0. The molecule has 39 heavy (non-hydrogen) atoms. The molecule has 4 aromatic rings. The summed E-state index contributed by atoms with van der Waals surface area (Å²) in [5.41, 5.74) is 0.232. The van der Waals surface area contributed by atoms with Crippen molar-refractivity contribution < 1.29 is 42.4 Å². The van der Waals surface area contributed by atoms with Crippen molar-refractivity contribution >= 4 is 23.6 Å². The van der Waals surface area contributed by atoms with Crippen LogP contribution < -0.4 is 0 Å². The van der Waals surface area contributed by atoms with Gasteiger partial charge in [-0.1, -0.05) is 31.2 Å². The number of hydrogen-bond acceptors (Lipinski definition) is 10. The molecule has 0 N–H and O–H groups in total. The van der Waals surface area contributed by atoms with Gasteiger partial charge in [0.25, 0.3) is 5.69 Å². The maximum Gasteiger partial charge on any atom is 0.374 e. The molecule has 0 radical (unpaired) electrons. The molecule has 0 fully saturated rings. The SMILES string of the molecule is CCc1ccc(C(=O)OCc2cccc(COC(=O)c3ccc(COC(=O)c4ccccc4)o3)c2[N+](=O)[O-])o1. The van der Waals surface area contributed by atoms with Crippen molar-refractivity contribution in [2.75, 3.05) is 0 Å². The molecule has 0 aliphatic rings. The van der Waals surface area contributed by atoms with Gasteiger partial charge in [-0.2, -0.15) is 0 Å². The third-order valence-corrected chi connectivity index (χ3v) is 5.53. The van der Waals surface area contributed by atoms with Crippen LogP contribution >= 0.6 is 0 Å². The molecule has 0 spiro atoms. The highest BCUT2D eigenvalue weighted by molar-refractivity contribution is 5.89. The summed E-state index contributed by atoms with van der Waals surface area (Å²) in [7, 11) is 0. The summed E-state index contributed by atoms with van der Waals surface area (Å²) in [6.45, 7) is 0.839. The Bertz CT molecular complexity index is 1490. The number of rotatable bonds is 11. The van der Waals surface area contributed by atoms with Crippen LogP contribution in [0.3, 0.4) is 0 Å². The van der Waals surface area contributed by atoms with Gasteiger partial charge in [-0.3, -0.25) is 10.1 Å². The number of para-hydroxylation sites is 1. The number of carbonyl (C=O) groups is 3. The van der Waals surface area contributed by atoms with Crippen LogP contribution in [0.15, 0.2) is 81.6 Å². The topological polar surface area (TPSA) is 148 Å². The van der Waals surface area contributed by atoms with Crippen LogP contribution in [0, 0.1) is 10.1 Å². The molecule has 2 heterocycles. The van der Waals surface area contributed by atoms with Crippen molar-refractivity contribution in [3.05, 3.63) is 123 Å². The summed E-state index contributed by atoms with van der Waals surface area (Å²) in [6.07, 6.45) is 0.598. The molecular weight excluding hydrogens is 510 g/mol. The van der Waals surface area contributed by atoms with Crippen molar-refractivity contribution in [3.63, 3.8) is 0 Å². The minimum Gasteiger partial charge on any atom is -0.455 e. The van der Waals surface area contributed by atoms with E-state index in [4.69, 9.17) is 23.0 Å². The molecule has 4 rings (SSSR count). The number of esters is 3. The Labute approximate surface area is 222 Å². The summed E-state index contributed by atoms with van der Waals surface area (Å²) in [5, 5.41) is 11.8. The Balaban J connectivity index is 1.35. The Morgan fingerprint density at radius 1 is 0.692 bits per heavy atom. The number of benzene rings is 2. The molecule has 2 aromatic carbocycles. The molecule has 0 aliphatic heterocycles. The molecule has 0 unspecified atom stereocenters. The molecule has 0 atom stereocenters. The van der Waals surface area contributed by atoms with E-state index < -0.39 is 29.4 Å². The summed E-state index contributed by atoms with van der Waals surface area (Å²) in [6, 6.07) is 18.7. The van der Waals surface area contributed by atoms with Crippen molar-refractivity contribution in [1.29, 1.82) is 0 Å². The molecule has 0 aliphatic carbocycles. The maximum atomic E-state index is 12.5. The van der Waals surface area contributed by atoms with Gasteiger partial charge in [0.15, 0.2) is 0 Å². The molecule has 2 aromatic heterocycles. The zero-order valence-electron chi connectivity index (χ0n) is 20.8. The summed E-state index contributed by atoms with van der Waals surface area (Å²) in [4.78, 5) is 47.9. The molecule has 0 saturated heterocycles. The van der Waals surface area contributed by atoms with Crippen molar-refractivity contribution in [2.24, 2.45) is 0 Å². The Kier molecular flexibility index (Phi) is 8.52. The van der Waals surface area contributed by atoms with Gasteiger partial charge in [0, 0.05) is 6.42 Å². The Morgan fingerprint density at radius 2 is 1.23 bits per heavy atom. The van der Waals surface area contributed by atoms with Crippen LogP contribution in [0.25, 0.3) is 0 Å². The monoisotopic (exact) mass is 533 g/mol. The summed E-state index contributed by atoms with van der Waals surface area (Å²) in [5.74, 6) is -1.54. The first-order chi connectivity index (χ1) is 18.9. The second kappa shape index (κ2) is 12.4. The Hall–Kier alpha value is -5.19. The number of carbonyl (C=O) groups excluding carboxylic acids is 3. The quantitative estimate of drug-likeness (QED) is 0.106. The van der Waals surface area contributed by atoms with E-state index in [1.807, 2.05) is 6.92 Å². The predicted octanol–water partition coefficient (Wildman–Crippen LogP) is 5.41. The van der Waals surface area contributed by atoms with Gasteiger partial charge in [0.2, 0.25) is 11.5 Å². The van der Waals surface area contributed by atoms with Gasteiger partial charge in [-0.05, 0) is 48.5 Å². The smallest absolute Gasteiger partial charge is 0.374 e. The van der Waals surface area contributed by atoms with E-state index in [-0.39, 0.29) is 47.3 Å². The van der Waals surface area contributed by atoms with Gasteiger partial charge in [0.05, 0.1) is 21.6 Å². The molecule has 0 amide bonds. The van der Waals surface area contributed by atoms with E-state index in [0.717, 1.165) is 0 Å². The van der Waals surface area contributed by atoms with E-state index in [9.17, 15) is 24.5 Å². The molecular formula is C28H23NO10. The number of nitro benzene ring substituents is 1. The molecule has 200 valence electrons. The van der Waals surface area contributed by atoms with Gasteiger partial charge in [-0.25, -0.2) is 14.4 Å². The van der Waals surface area contributed by atoms with E-state index in [2.05, 4.69) is 0 Å². The van der Waals surface area contributed by atoms with Crippen LogP contribution in [0.4, 0.5) is 5.69 Å². The Morgan fingerprint density at radius 3 is 1.77 bits per heavy atom. The highest BCUT2D eigenvalue weighted by Crippen LogP contribution is 2.26. The molecule has 0 saturated carbocycles. The van der Waals surface area contributed by atoms with Gasteiger partial charge in [-0.15, -0.1) is 0 Å². The second-order valence-electron chi connectivity index (χ2n) is 8.16. The highest BCUT2D eigenvalue weighted by atomic mass is 16.6. The van der Waals surface area contributed by atoms with E-state index >= 15 is 0 Å². The molecule has 11 nitrogen and oxygen atoms in total. The lowest BCUT2D eigenvalue weighted by Crippen LogP contribution is -2.09. The average Bonchev–Trinajstić information content (AvgIpc) is 3.64. The highest BCUT2D eigenvalue weighted by Gasteiger charge is 2.23. The number of hydrogen-bond donors (Lipinski definition) is 0. The minimum absolute atomic E-state index is 0.00719. The standard InChI is InChI=1S/C28H23NO10/c1-2-21-11-13-23(38-21)27(31)35-15-19-9-6-10-20(25(19)29(33)34)16-36-28(32)24-14-12-22(39-24)17-37-26(30)18-7-4-3-5-8-18/h3-14H,2,15-17H2,1H3.